The van der Waals surface area contributed by atoms with Crippen LogP contribution >= 0.6 is 0 Å². The summed E-state index contributed by atoms with van der Waals surface area (Å²) in [4.78, 5) is 14.2. The summed E-state index contributed by atoms with van der Waals surface area (Å²) in [5.74, 6) is 0.528. The van der Waals surface area contributed by atoms with Crippen molar-refractivity contribution in [3.05, 3.63) is 12.3 Å². The number of carbonyl (C=O) groups is 1. The number of aromatic nitrogens is 2. The van der Waals surface area contributed by atoms with Crippen molar-refractivity contribution in [2.45, 2.75) is 50.6 Å². The number of carbonyl (C=O) groups excluding carboxylic acids is 1. The van der Waals surface area contributed by atoms with Gasteiger partial charge in [0.2, 0.25) is 10.0 Å². The normalized spacial score (nSPS) is 22.5. The van der Waals surface area contributed by atoms with Crippen LogP contribution < -0.4 is 5.32 Å². The van der Waals surface area contributed by atoms with Gasteiger partial charge in [-0.3, -0.25) is 10.00 Å². The van der Waals surface area contributed by atoms with E-state index in [2.05, 4.69) is 10.4 Å². The van der Waals surface area contributed by atoms with Crippen LogP contribution in [0.3, 0.4) is 0 Å². The van der Waals surface area contributed by atoms with E-state index in [0.717, 1.165) is 32.1 Å². The third-order valence-electron chi connectivity index (χ3n) is 5.11. The first-order chi connectivity index (χ1) is 11.8. The van der Waals surface area contributed by atoms with E-state index in [1.54, 1.807) is 33.2 Å². The van der Waals surface area contributed by atoms with Gasteiger partial charge in [0.25, 0.3) is 0 Å². The molecule has 1 N–H and O–H groups in total. The van der Waals surface area contributed by atoms with Crippen molar-refractivity contribution < 1.29 is 13.2 Å². The summed E-state index contributed by atoms with van der Waals surface area (Å²) in [7, 11) is -1.42. The number of urea groups is 1. The van der Waals surface area contributed by atoms with Gasteiger partial charge in [0, 0.05) is 44.5 Å². The molecule has 9 heteroatoms. The molecule has 0 radical (unpaired) electrons. The number of nitrogens with zero attached hydrogens (tertiary/aromatic N) is 4. The van der Waals surface area contributed by atoms with Gasteiger partial charge in [-0.15, -0.1) is 0 Å². The third kappa shape index (κ3) is 4.33. The topological polar surface area (TPSA) is 87.5 Å². The monoisotopic (exact) mass is 369 g/mol. The molecule has 25 heavy (non-hydrogen) atoms. The first-order valence-corrected chi connectivity index (χ1v) is 10.7. The highest BCUT2D eigenvalue weighted by molar-refractivity contribution is 7.88. The highest BCUT2D eigenvalue weighted by Crippen LogP contribution is 2.32. The molecule has 1 saturated carbocycles. The Morgan fingerprint density at radius 3 is 2.44 bits per heavy atom. The zero-order valence-electron chi connectivity index (χ0n) is 14.9. The van der Waals surface area contributed by atoms with E-state index in [-0.39, 0.29) is 18.1 Å². The second kappa shape index (κ2) is 7.33. The average Bonchev–Trinajstić information content (AvgIpc) is 2.74. The standard InChI is InChI=1S/C16H27N5O3S/c1-19-11-9-15(18-19)17-16(22)20-10-4-7-14(8-12-20)21(25(2,23)24)13-5-3-6-13/h9,11,13-14H,3-8,10,12H2,1-2H3,(H,17,18,22)/t14-/m1/s1. The van der Waals surface area contributed by atoms with E-state index < -0.39 is 10.0 Å². The molecular weight excluding hydrogens is 342 g/mol. The molecule has 1 aromatic heterocycles. The summed E-state index contributed by atoms with van der Waals surface area (Å²) >= 11 is 0. The van der Waals surface area contributed by atoms with Gasteiger partial charge in [-0.1, -0.05) is 6.42 Å². The number of aryl methyl sites for hydroxylation is 1. The van der Waals surface area contributed by atoms with E-state index in [0.29, 0.717) is 25.3 Å². The van der Waals surface area contributed by atoms with Gasteiger partial charge in [0.1, 0.15) is 0 Å². The summed E-state index contributed by atoms with van der Waals surface area (Å²) in [5.41, 5.74) is 0. The highest BCUT2D eigenvalue weighted by Gasteiger charge is 2.37. The molecule has 2 amide bonds. The van der Waals surface area contributed by atoms with Crippen LogP contribution in [-0.2, 0) is 17.1 Å². The van der Waals surface area contributed by atoms with E-state index in [1.807, 2.05) is 0 Å². The SMILES string of the molecule is Cn1ccc(NC(=O)N2CCC[C@@H](N(C3CCC3)S(C)(=O)=O)CC2)n1. The molecule has 0 unspecified atom stereocenters. The number of likely N-dealkylation sites (tertiary alicyclic amines) is 1. The first-order valence-electron chi connectivity index (χ1n) is 8.88. The summed E-state index contributed by atoms with van der Waals surface area (Å²) in [6.45, 7) is 1.19. The van der Waals surface area contributed by atoms with E-state index in [4.69, 9.17) is 0 Å². The van der Waals surface area contributed by atoms with Crippen molar-refractivity contribution in [1.82, 2.24) is 19.0 Å². The molecule has 3 rings (SSSR count). The lowest BCUT2D eigenvalue weighted by atomic mass is 9.91. The molecule has 0 spiro atoms. The van der Waals surface area contributed by atoms with Crippen LogP contribution in [0.1, 0.15) is 38.5 Å². The molecule has 2 fully saturated rings. The molecule has 1 aromatic rings. The van der Waals surface area contributed by atoms with Crippen molar-refractivity contribution in [2.75, 3.05) is 24.7 Å². The Kier molecular flexibility index (Phi) is 5.33. The predicted molar refractivity (Wildman–Crippen MR) is 95.8 cm³/mol. The molecule has 1 aliphatic heterocycles. The molecule has 0 aromatic carbocycles. The number of anilines is 1. The molecule has 2 aliphatic rings. The molecule has 2 heterocycles. The fourth-order valence-electron chi connectivity index (χ4n) is 3.69. The molecule has 1 aliphatic carbocycles. The maximum absolute atomic E-state index is 12.4. The van der Waals surface area contributed by atoms with Crippen molar-refractivity contribution >= 4 is 21.9 Å². The quantitative estimate of drug-likeness (QED) is 0.874. The average molecular weight is 369 g/mol. The summed E-state index contributed by atoms with van der Waals surface area (Å²) < 4.78 is 27.9. The minimum atomic E-state index is -3.22. The number of amides is 2. The largest absolute Gasteiger partial charge is 0.324 e. The Morgan fingerprint density at radius 1 is 1.20 bits per heavy atom. The van der Waals surface area contributed by atoms with Crippen molar-refractivity contribution in [2.24, 2.45) is 7.05 Å². The van der Waals surface area contributed by atoms with Crippen LogP contribution in [-0.4, -0.2) is 64.9 Å². The van der Waals surface area contributed by atoms with E-state index in [9.17, 15) is 13.2 Å². The molecule has 140 valence electrons. The second-order valence-electron chi connectivity index (χ2n) is 7.05. The maximum Gasteiger partial charge on any atom is 0.323 e. The fraction of sp³-hybridized carbons (Fsp3) is 0.750. The lowest BCUT2D eigenvalue weighted by molar-refractivity contribution is 0.162. The molecule has 8 nitrogen and oxygen atoms in total. The smallest absolute Gasteiger partial charge is 0.323 e. The minimum Gasteiger partial charge on any atom is -0.324 e. The van der Waals surface area contributed by atoms with Crippen LogP contribution in [0.5, 0.6) is 0 Å². The van der Waals surface area contributed by atoms with Crippen LogP contribution in [0.15, 0.2) is 12.3 Å². The summed E-state index contributed by atoms with van der Waals surface area (Å²) in [5, 5.41) is 6.96. The van der Waals surface area contributed by atoms with Crippen LogP contribution in [0, 0.1) is 0 Å². The van der Waals surface area contributed by atoms with Gasteiger partial charge in [0.15, 0.2) is 5.82 Å². The van der Waals surface area contributed by atoms with Crippen LogP contribution in [0.25, 0.3) is 0 Å². The van der Waals surface area contributed by atoms with Crippen LogP contribution in [0.4, 0.5) is 10.6 Å². The maximum atomic E-state index is 12.4. The summed E-state index contributed by atoms with van der Waals surface area (Å²) in [6.07, 6.45) is 8.37. The Bertz CT molecular complexity index is 713. The Hall–Kier alpha value is -1.61. The molecule has 0 bridgehead atoms. The van der Waals surface area contributed by atoms with Gasteiger partial charge in [-0.2, -0.15) is 9.40 Å². The number of hydrogen-bond donors (Lipinski definition) is 1. The lowest BCUT2D eigenvalue weighted by Crippen LogP contribution is -2.50. The number of sulfonamides is 1. The predicted octanol–water partition coefficient (Wildman–Crippen LogP) is 1.62. The Balaban J connectivity index is 1.62. The third-order valence-corrected chi connectivity index (χ3v) is 6.47. The second-order valence-corrected chi connectivity index (χ2v) is 8.94. The van der Waals surface area contributed by atoms with Gasteiger partial charge in [0.05, 0.1) is 6.26 Å². The van der Waals surface area contributed by atoms with E-state index in [1.165, 1.54) is 6.26 Å². The zero-order chi connectivity index (χ0) is 18.0. The number of nitrogens with one attached hydrogen (secondary N) is 1. The Labute approximate surface area is 149 Å². The highest BCUT2D eigenvalue weighted by atomic mass is 32.2. The van der Waals surface area contributed by atoms with Gasteiger partial charge in [-0.25, -0.2) is 13.2 Å². The molecular formula is C16H27N5O3S. The zero-order valence-corrected chi connectivity index (χ0v) is 15.7. The number of hydrogen-bond acceptors (Lipinski definition) is 4. The summed E-state index contributed by atoms with van der Waals surface area (Å²) in [6, 6.07) is 1.72. The van der Waals surface area contributed by atoms with E-state index >= 15 is 0 Å². The first kappa shape index (κ1) is 18.2. The van der Waals surface area contributed by atoms with Gasteiger partial charge < -0.3 is 4.90 Å². The lowest BCUT2D eigenvalue weighted by Gasteiger charge is -2.40. The van der Waals surface area contributed by atoms with Crippen molar-refractivity contribution in [3.63, 3.8) is 0 Å². The minimum absolute atomic E-state index is 0.00653. The fourth-order valence-corrected chi connectivity index (χ4v) is 5.19. The van der Waals surface area contributed by atoms with Crippen LogP contribution in [0.2, 0.25) is 0 Å². The van der Waals surface area contributed by atoms with Gasteiger partial charge >= 0.3 is 6.03 Å². The molecule has 1 saturated heterocycles. The molecule has 1 atom stereocenters. The Morgan fingerprint density at radius 2 is 1.88 bits per heavy atom. The number of rotatable bonds is 4. The van der Waals surface area contributed by atoms with Crippen molar-refractivity contribution in [3.8, 4) is 0 Å². The van der Waals surface area contributed by atoms with Gasteiger partial charge in [-0.05, 0) is 32.1 Å². The van der Waals surface area contributed by atoms with Crippen molar-refractivity contribution in [1.29, 1.82) is 0 Å².